The van der Waals surface area contributed by atoms with Crippen LogP contribution in [0, 0.1) is 0 Å². The summed E-state index contributed by atoms with van der Waals surface area (Å²) in [6, 6.07) is 32.6. The molecule has 2 nitrogen and oxygen atoms in total. The minimum Gasteiger partial charge on any atom is -0.356 e. The van der Waals surface area contributed by atoms with Crippen LogP contribution in [-0.2, 0) is 6.42 Å². The highest BCUT2D eigenvalue weighted by molar-refractivity contribution is 5.56. The SMILES string of the molecule is CCC(c1ccccc1)C1(Cc2ccccc2)N(C)C=CN1c1ccccc1. The van der Waals surface area contributed by atoms with Gasteiger partial charge in [-0.1, -0.05) is 85.8 Å². The van der Waals surface area contributed by atoms with Crippen LogP contribution in [0.15, 0.2) is 103 Å². The average molecular weight is 369 g/mol. The zero-order valence-electron chi connectivity index (χ0n) is 16.7. The summed E-state index contributed by atoms with van der Waals surface area (Å²) >= 11 is 0. The Morgan fingerprint density at radius 1 is 0.750 bits per heavy atom. The lowest BCUT2D eigenvalue weighted by atomic mass is 9.78. The second-order valence-electron chi connectivity index (χ2n) is 7.53. The normalized spacial score (nSPS) is 19.8. The molecule has 142 valence electrons. The molecule has 4 rings (SSSR count). The molecule has 0 fully saturated rings. The zero-order chi connectivity index (χ0) is 19.4. The van der Waals surface area contributed by atoms with Gasteiger partial charge in [0, 0.05) is 37.5 Å². The number of nitrogens with zero attached hydrogens (tertiary/aromatic N) is 2. The highest BCUT2D eigenvalue weighted by atomic mass is 15.4. The van der Waals surface area contributed by atoms with Gasteiger partial charge in [-0.3, -0.25) is 0 Å². The minimum absolute atomic E-state index is 0.196. The summed E-state index contributed by atoms with van der Waals surface area (Å²) in [5.74, 6) is 0.356. The van der Waals surface area contributed by atoms with Gasteiger partial charge in [0.05, 0.1) is 0 Å². The molecule has 0 saturated heterocycles. The molecule has 0 amide bonds. The lowest BCUT2D eigenvalue weighted by molar-refractivity contribution is 0.155. The minimum atomic E-state index is -0.196. The van der Waals surface area contributed by atoms with Crippen LogP contribution in [0.2, 0.25) is 0 Å². The topological polar surface area (TPSA) is 6.48 Å². The van der Waals surface area contributed by atoms with E-state index in [-0.39, 0.29) is 5.66 Å². The highest BCUT2D eigenvalue weighted by Gasteiger charge is 2.48. The third-order valence-electron chi connectivity index (χ3n) is 5.98. The van der Waals surface area contributed by atoms with E-state index < -0.39 is 0 Å². The Morgan fingerprint density at radius 2 is 1.32 bits per heavy atom. The van der Waals surface area contributed by atoms with Gasteiger partial charge in [0.25, 0.3) is 0 Å². The van der Waals surface area contributed by atoms with Crippen molar-refractivity contribution >= 4 is 5.69 Å². The molecular weight excluding hydrogens is 340 g/mol. The van der Waals surface area contributed by atoms with Crippen molar-refractivity contribution in [3.63, 3.8) is 0 Å². The smallest absolute Gasteiger partial charge is 0.127 e. The van der Waals surface area contributed by atoms with Crippen molar-refractivity contribution in [2.24, 2.45) is 0 Å². The van der Waals surface area contributed by atoms with E-state index in [0.717, 1.165) is 12.8 Å². The summed E-state index contributed by atoms with van der Waals surface area (Å²) in [5, 5.41) is 0. The van der Waals surface area contributed by atoms with Crippen LogP contribution >= 0.6 is 0 Å². The number of anilines is 1. The molecule has 2 heteroatoms. The molecule has 3 aromatic rings. The van der Waals surface area contributed by atoms with Gasteiger partial charge in [0.15, 0.2) is 0 Å². The van der Waals surface area contributed by atoms with E-state index in [1.54, 1.807) is 0 Å². The fourth-order valence-corrected chi connectivity index (χ4v) is 4.65. The van der Waals surface area contributed by atoms with Crippen LogP contribution < -0.4 is 4.90 Å². The van der Waals surface area contributed by atoms with Crippen LogP contribution in [-0.4, -0.2) is 17.6 Å². The molecule has 0 radical (unpaired) electrons. The Hall–Kier alpha value is -3.00. The molecular formula is C26H28N2. The number of hydrogen-bond acceptors (Lipinski definition) is 2. The van der Waals surface area contributed by atoms with Crippen LogP contribution in [0.5, 0.6) is 0 Å². The Balaban J connectivity index is 1.87. The summed E-state index contributed by atoms with van der Waals surface area (Å²) in [4.78, 5) is 4.88. The van der Waals surface area contributed by atoms with E-state index in [1.807, 2.05) is 0 Å². The van der Waals surface area contributed by atoms with Gasteiger partial charge in [-0.15, -0.1) is 0 Å². The van der Waals surface area contributed by atoms with Crippen molar-refractivity contribution in [3.8, 4) is 0 Å². The molecule has 1 heterocycles. The summed E-state index contributed by atoms with van der Waals surface area (Å²) in [6.45, 7) is 2.31. The summed E-state index contributed by atoms with van der Waals surface area (Å²) in [5.41, 5.74) is 3.78. The molecule has 0 aliphatic carbocycles. The predicted octanol–water partition coefficient (Wildman–Crippen LogP) is 6.04. The Kier molecular flexibility index (Phi) is 5.21. The zero-order valence-corrected chi connectivity index (χ0v) is 16.7. The summed E-state index contributed by atoms with van der Waals surface area (Å²) in [7, 11) is 2.22. The molecule has 28 heavy (non-hydrogen) atoms. The monoisotopic (exact) mass is 368 g/mol. The van der Waals surface area contributed by atoms with Gasteiger partial charge in [0.2, 0.25) is 0 Å². The standard InChI is InChI=1S/C26H28N2/c1-3-25(23-15-9-5-10-16-23)26(21-22-13-7-4-8-14-22)27(2)19-20-28(26)24-17-11-6-12-18-24/h4-20,25H,3,21H2,1-2H3. The van der Waals surface area contributed by atoms with Crippen LogP contribution in [0.4, 0.5) is 5.69 Å². The van der Waals surface area contributed by atoms with Crippen LogP contribution in [0.25, 0.3) is 0 Å². The largest absolute Gasteiger partial charge is 0.356 e. The maximum Gasteiger partial charge on any atom is 0.127 e. The number of hydrogen-bond donors (Lipinski definition) is 0. The lowest BCUT2D eigenvalue weighted by Crippen LogP contribution is -2.58. The highest BCUT2D eigenvalue weighted by Crippen LogP contribution is 2.46. The predicted molar refractivity (Wildman–Crippen MR) is 118 cm³/mol. The van der Waals surface area contributed by atoms with Crippen LogP contribution in [0.3, 0.4) is 0 Å². The molecule has 2 atom stereocenters. The van der Waals surface area contributed by atoms with E-state index in [2.05, 4.69) is 127 Å². The number of rotatable bonds is 6. The first kappa shape index (κ1) is 18.4. The van der Waals surface area contributed by atoms with Crippen molar-refractivity contribution in [2.45, 2.75) is 31.3 Å². The molecule has 0 spiro atoms. The lowest BCUT2D eigenvalue weighted by Gasteiger charge is -2.50. The molecule has 0 N–H and O–H groups in total. The second-order valence-corrected chi connectivity index (χ2v) is 7.53. The summed E-state index contributed by atoms with van der Waals surface area (Å²) < 4.78 is 0. The van der Waals surface area contributed by atoms with Gasteiger partial charge in [-0.05, 0) is 29.7 Å². The molecule has 1 aliphatic rings. The fraction of sp³-hybridized carbons (Fsp3) is 0.231. The average Bonchev–Trinajstić information content (AvgIpc) is 3.07. The number of para-hydroxylation sites is 1. The second kappa shape index (κ2) is 7.93. The van der Waals surface area contributed by atoms with Gasteiger partial charge in [0.1, 0.15) is 5.66 Å². The van der Waals surface area contributed by atoms with E-state index in [1.165, 1.54) is 16.8 Å². The number of benzene rings is 3. The fourth-order valence-electron chi connectivity index (χ4n) is 4.65. The van der Waals surface area contributed by atoms with Crippen molar-refractivity contribution < 1.29 is 0 Å². The van der Waals surface area contributed by atoms with Crippen molar-refractivity contribution in [1.82, 2.24) is 4.90 Å². The Morgan fingerprint density at radius 3 is 1.93 bits per heavy atom. The molecule has 0 bridgehead atoms. The van der Waals surface area contributed by atoms with Crippen molar-refractivity contribution in [3.05, 3.63) is 115 Å². The van der Waals surface area contributed by atoms with E-state index in [4.69, 9.17) is 0 Å². The van der Waals surface area contributed by atoms with Gasteiger partial charge < -0.3 is 9.80 Å². The van der Waals surface area contributed by atoms with Crippen molar-refractivity contribution in [2.75, 3.05) is 11.9 Å². The van der Waals surface area contributed by atoms with E-state index in [9.17, 15) is 0 Å². The van der Waals surface area contributed by atoms with Gasteiger partial charge >= 0.3 is 0 Å². The Labute approximate surface area is 168 Å². The number of likely N-dealkylation sites (N-methyl/N-ethyl adjacent to an activating group) is 1. The first-order valence-corrected chi connectivity index (χ1v) is 10.1. The van der Waals surface area contributed by atoms with Gasteiger partial charge in [-0.2, -0.15) is 0 Å². The molecule has 3 aromatic carbocycles. The molecule has 2 unspecified atom stereocenters. The molecule has 0 aromatic heterocycles. The quantitative estimate of drug-likeness (QED) is 0.523. The van der Waals surface area contributed by atoms with Crippen LogP contribution in [0.1, 0.15) is 30.4 Å². The molecule has 0 saturated carbocycles. The first-order chi connectivity index (χ1) is 13.8. The Bertz CT molecular complexity index is 905. The maximum absolute atomic E-state index is 2.47. The third-order valence-corrected chi connectivity index (χ3v) is 5.98. The molecule has 1 aliphatic heterocycles. The third kappa shape index (κ3) is 3.20. The first-order valence-electron chi connectivity index (χ1n) is 10.1. The summed E-state index contributed by atoms with van der Waals surface area (Å²) in [6.07, 6.45) is 6.47. The maximum atomic E-state index is 2.47. The van der Waals surface area contributed by atoms with Crippen molar-refractivity contribution in [1.29, 1.82) is 0 Å². The van der Waals surface area contributed by atoms with E-state index in [0.29, 0.717) is 5.92 Å². The van der Waals surface area contributed by atoms with E-state index >= 15 is 0 Å². The van der Waals surface area contributed by atoms with Gasteiger partial charge in [-0.25, -0.2) is 0 Å².